The zero-order chi connectivity index (χ0) is 9.68. The molecule has 0 aliphatic heterocycles. The molecule has 0 bridgehead atoms. The number of hydrogen-bond donors (Lipinski definition) is 0. The molecule has 0 radical (unpaired) electrons. The minimum Gasteiger partial charge on any atom is -0.207 e. The highest BCUT2D eigenvalue weighted by Crippen LogP contribution is 2.13. The summed E-state index contributed by atoms with van der Waals surface area (Å²) in [5.74, 6) is -0.0272. The Morgan fingerprint density at radius 2 is 2.23 bits per heavy atom. The van der Waals surface area contributed by atoms with Crippen molar-refractivity contribution in [2.24, 2.45) is 0 Å². The minimum atomic E-state index is -0.244. The topological polar surface area (TPSA) is 0 Å². The summed E-state index contributed by atoms with van der Waals surface area (Å²) in [6, 6.07) is 5.03. The Kier molecular flexibility index (Phi) is 4.46. The van der Waals surface area contributed by atoms with Crippen molar-refractivity contribution < 1.29 is 4.39 Å². The summed E-state index contributed by atoms with van der Waals surface area (Å²) in [6.07, 6.45) is 3.77. The van der Waals surface area contributed by atoms with Gasteiger partial charge in [-0.05, 0) is 11.6 Å². The first-order valence-corrected chi connectivity index (χ1v) is 5.50. The van der Waals surface area contributed by atoms with Gasteiger partial charge in [-0.25, -0.2) is 4.39 Å². The van der Waals surface area contributed by atoms with Crippen LogP contribution in [0.5, 0.6) is 0 Å². The molecule has 0 spiro atoms. The van der Waals surface area contributed by atoms with Crippen molar-refractivity contribution in [2.45, 2.75) is 5.88 Å². The second kappa shape index (κ2) is 5.40. The lowest BCUT2D eigenvalue weighted by atomic mass is 10.1. The van der Waals surface area contributed by atoms with E-state index in [1.54, 1.807) is 6.07 Å². The molecular formula is C10H9BrClF. The van der Waals surface area contributed by atoms with Crippen molar-refractivity contribution in [1.82, 2.24) is 0 Å². The van der Waals surface area contributed by atoms with E-state index in [2.05, 4.69) is 15.9 Å². The second-order valence-corrected chi connectivity index (χ2v) is 3.46. The molecule has 0 saturated heterocycles. The summed E-state index contributed by atoms with van der Waals surface area (Å²) in [5, 5.41) is 0.770. The van der Waals surface area contributed by atoms with Crippen LogP contribution in [0.2, 0.25) is 0 Å². The zero-order valence-corrected chi connectivity index (χ0v) is 9.28. The molecule has 0 atom stereocenters. The smallest absolute Gasteiger partial charge is 0.128 e. The molecule has 0 N–H and O–H groups in total. The normalized spacial score (nSPS) is 11.0. The maximum absolute atomic E-state index is 13.1. The Labute approximate surface area is 90.5 Å². The number of alkyl halides is 2. The van der Waals surface area contributed by atoms with Crippen molar-refractivity contribution in [3.05, 3.63) is 41.2 Å². The van der Waals surface area contributed by atoms with Gasteiger partial charge in [-0.3, -0.25) is 0 Å². The highest BCUT2D eigenvalue weighted by Gasteiger charge is 1.99. The van der Waals surface area contributed by atoms with Crippen molar-refractivity contribution >= 4 is 33.6 Å². The first-order valence-electron chi connectivity index (χ1n) is 3.85. The Morgan fingerprint density at radius 1 is 1.46 bits per heavy atom. The highest BCUT2D eigenvalue weighted by atomic mass is 79.9. The van der Waals surface area contributed by atoms with Gasteiger partial charge in [-0.2, -0.15) is 0 Å². The molecule has 0 aromatic heterocycles. The first-order chi connectivity index (χ1) is 6.27. The third-order valence-electron chi connectivity index (χ3n) is 1.62. The summed E-state index contributed by atoms with van der Waals surface area (Å²) in [5.41, 5.74) is 1.39. The van der Waals surface area contributed by atoms with Crippen molar-refractivity contribution in [3.8, 4) is 0 Å². The summed E-state index contributed by atoms with van der Waals surface area (Å²) in [4.78, 5) is 0. The number of allylic oxidation sites excluding steroid dienone is 1. The van der Waals surface area contributed by atoms with Crippen LogP contribution in [0, 0.1) is 5.82 Å². The van der Waals surface area contributed by atoms with E-state index in [-0.39, 0.29) is 11.7 Å². The van der Waals surface area contributed by atoms with E-state index < -0.39 is 0 Å². The lowest BCUT2D eigenvalue weighted by Crippen LogP contribution is -1.86. The quantitative estimate of drug-likeness (QED) is 0.724. The van der Waals surface area contributed by atoms with Crippen LogP contribution in [-0.2, 0) is 5.88 Å². The molecule has 0 nitrogen and oxygen atoms in total. The van der Waals surface area contributed by atoms with Gasteiger partial charge in [0, 0.05) is 10.9 Å². The number of rotatable bonds is 3. The molecule has 1 aromatic rings. The van der Waals surface area contributed by atoms with Crippen molar-refractivity contribution in [3.63, 3.8) is 0 Å². The van der Waals surface area contributed by atoms with Gasteiger partial charge < -0.3 is 0 Å². The monoisotopic (exact) mass is 262 g/mol. The van der Waals surface area contributed by atoms with E-state index in [1.165, 1.54) is 6.07 Å². The Bertz CT molecular complexity index is 310. The van der Waals surface area contributed by atoms with Crippen LogP contribution >= 0.6 is 27.5 Å². The highest BCUT2D eigenvalue weighted by molar-refractivity contribution is 9.09. The molecule has 70 valence electrons. The molecule has 0 aliphatic carbocycles. The van der Waals surface area contributed by atoms with Crippen LogP contribution in [0.3, 0.4) is 0 Å². The fourth-order valence-electron chi connectivity index (χ4n) is 0.956. The summed E-state index contributed by atoms with van der Waals surface area (Å²) in [7, 11) is 0. The number of hydrogen-bond acceptors (Lipinski definition) is 0. The van der Waals surface area contributed by atoms with Crippen LogP contribution in [0.1, 0.15) is 11.1 Å². The summed E-state index contributed by atoms with van der Waals surface area (Å²) in [6.45, 7) is 0. The molecule has 1 aromatic carbocycles. The Balaban J connectivity index is 2.89. The average molecular weight is 264 g/mol. The van der Waals surface area contributed by atoms with E-state index in [4.69, 9.17) is 11.6 Å². The van der Waals surface area contributed by atoms with Crippen LogP contribution in [0.15, 0.2) is 24.3 Å². The minimum absolute atomic E-state index is 0.217. The predicted octanol–water partition coefficient (Wildman–Crippen LogP) is 3.97. The maximum Gasteiger partial charge on any atom is 0.128 e. The van der Waals surface area contributed by atoms with E-state index >= 15 is 0 Å². The third kappa shape index (κ3) is 3.12. The van der Waals surface area contributed by atoms with Crippen LogP contribution in [-0.4, -0.2) is 5.33 Å². The first kappa shape index (κ1) is 10.7. The molecule has 0 aliphatic rings. The summed E-state index contributed by atoms with van der Waals surface area (Å²) < 4.78 is 13.1. The predicted molar refractivity (Wildman–Crippen MR) is 58.8 cm³/mol. The van der Waals surface area contributed by atoms with Crippen LogP contribution in [0.25, 0.3) is 6.08 Å². The van der Waals surface area contributed by atoms with E-state index in [0.29, 0.717) is 5.56 Å². The lowest BCUT2D eigenvalue weighted by molar-refractivity contribution is 0.616. The van der Waals surface area contributed by atoms with Gasteiger partial charge in [0.1, 0.15) is 5.82 Å². The molecule has 0 amide bonds. The van der Waals surface area contributed by atoms with E-state index in [1.807, 2.05) is 18.2 Å². The van der Waals surface area contributed by atoms with Gasteiger partial charge in [-0.15, -0.1) is 11.6 Å². The van der Waals surface area contributed by atoms with Gasteiger partial charge >= 0.3 is 0 Å². The van der Waals surface area contributed by atoms with Crippen LogP contribution < -0.4 is 0 Å². The maximum atomic E-state index is 13.1. The largest absolute Gasteiger partial charge is 0.207 e. The van der Waals surface area contributed by atoms with Gasteiger partial charge in [0.2, 0.25) is 0 Å². The second-order valence-electron chi connectivity index (χ2n) is 2.54. The molecule has 0 fully saturated rings. The fourth-order valence-corrected chi connectivity index (χ4v) is 1.36. The van der Waals surface area contributed by atoms with Crippen molar-refractivity contribution in [1.29, 1.82) is 0 Å². The van der Waals surface area contributed by atoms with E-state index in [0.717, 1.165) is 10.9 Å². The number of halogens is 3. The molecule has 13 heavy (non-hydrogen) atoms. The SMILES string of the molecule is Fc1cc(C=CCBr)ccc1CCl. The fraction of sp³-hybridized carbons (Fsp3) is 0.200. The lowest BCUT2D eigenvalue weighted by Gasteiger charge is -1.99. The molecule has 3 heteroatoms. The van der Waals surface area contributed by atoms with Gasteiger partial charge in [-0.1, -0.05) is 40.2 Å². The molecule has 0 saturated carbocycles. The summed E-state index contributed by atoms with van der Waals surface area (Å²) >= 11 is 8.78. The van der Waals surface area contributed by atoms with Crippen molar-refractivity contribution in [2.75, 3.05) is 5.33 Å². The number of benzene rings is 1. The Hall–Kier alpha value is -0.340. The Morgan fingerprint density at radius 3 is 2.77 bits per heavy atom. The molecular weight excluding hydrogens is 254 g/mol. The zero-order valence-electron chi connectivity index (χ0n) is 6.93. The third-order valence-corrected chi connectivity index (χ3v) is 2.28. The van der Waals surface area contributed by atoms with Gasteiger partial charge in [0.05, 0.1) is 5.88 Å². The molecule has 1 rings (SSSR count). The van der Waals surface area contributed by atoms with Gasteiger partial charge in [0.25, 0.3) is 0 Å². The average Bonchev–Trinajstić information content (AvgIpc) is 2.15. The molecule has 0 unspecified atom stereocenters. The molecule has 0 heterocycles. The van der Waals surface area contributed by atoms with E-state index in [9.17, 15) is 4.39 Å². The standard InChI is InChI=1S/C10H9BrClF/c11-5-1-2-8-3-4-9(7-12)10(13)6-8/h1-4,6H,5,7H2. The van der Waals surface area contributed by atoms with Gasteiger partial charge in [0.15, 0.2) is 0 Å². The van der Waals surface area contributed by atoms with Crippen LogP contribution in [0.4, 0.5) is 4.39 Å².